The molecule has 0 spiro atoms. The maximum Gasteiger partial charge on any atom is 0.328 e. The van der Waals surface area contributed by atoms with Gasteiger partial charge in [0, 0.05) is 25.2 Å². The van der Waals surface area contributed by atoms with Gasteiger partial charge in [0.2, 0.25) is 0 Å². The van der Waals surface area contributed by atoms with Crippen LogP contribution in [-0.4, -0.2) is 35.5 Å². The van der Waals surface area contributed by atoms with Crippen LogP contribution in [0.2, 0.25) is 0 Å². The molecule has 4 nitrogen and oxygen atoms in total. The number of hydrogen-bond donors (Lipinski definition) is 1. The van der Waals surface area contributed by atoms with Crippen LogP contribution < -0.4 is 0 Å². The minimum Gasteiger partial charge on any atom is -0.478 e. The molecule has 0 aliphatic carbocycles. The lowest BCUT2D eigenvalue weighted by Crippen LogP contribution is -2.27. The second-order valence-corrected chi connectivity index (χ2v) is 4.37. The monoisotopic (exact) mass is 261 g/mol. The van der Waals surface area contributed by atoms with Gasteiger partial charge in [-0.25, -0.2) is 4.79 Å². The summed E-state index contributed by atoms with van der Waals surface area (Å²) in [5.74, 6) is -0.998. The fraction of sp³-hybridized carbons (Fsp3) is 0.333. The summed E-state index contributed by atoms with van der Waals surface area (Å²) in [5.41, 5.74) is 1.38. The van der Waals surface area contributed by atoms with E-state index in [1.54, 1.807) is 36.2 Å². The Labute approximate surface area is 113 Å². The quantitative estimate of drug-likeness (QED) is 0.801. The maximum absolute atomic E-state index is 12.0. The van der Waals surface area contributed by atoms with Crippen LogP contribution in [0.1, 0.15) is 35.7 Å². The van der Waals surface area contributed by atoms with E-state index in [-0.39, 0.29) is 5.91 Å². The normalized spacial score (nSPS) is 10.6. The van der Waals surface area contributed by atoms with Crippen molar-refractivity contribution in [2.45, 2.75) is 19.8 Å². The molecule has 0 saturated carbocycles. The predicted octanol–water partition coefficient (Wildman–Crippen LogP) is 2.66. The summed E-state index contributed by atoms with van der Waals surface area (Å²) in [6.45, 7) is 2.83. The van der Waals surface area contributed by atoms with Crippen LogP contribution in [0.15, 0.2) is 30.3 Å². The molecular weight excluding hydrogens is 242 g/mol. The minimum atomic E-state index is -0.987. The molecular formula is C15H19NO3. The smallest absolute Gasteiger partial charge is 0.328 e. The van der Waals surface area contributed by atoms with Gasteiger partial charge in [0.1, 0.15) is 0 Å². The average molecular weight is 261 g/mol. The number of unbranched alkanes of at least 4 members (excludes halogenated alkanes) is 1. The van der Waals surface area contributed by atoms with Gasteiger partial charge in [-0.05, 0) is 30.2 Å². The molecule has 0 radical (unpaired) electrons. The first-order valence-corrected chi connectivity index (χ1v) is 6.31. The van der Waals surface area contributed by atoms with Gasteiger partial charge in [0.15, 0.2) is 0 Å². The topological polar surface area (TPSA) is 57.6 Å². The Balaban J connectivity index is 2.70. The van der Waals surface area contributed by atoms with E-state index in [4.69, 9.17) is 5.11 Å². The molecule has 19 heavy (non-hydrogen) atoms. The van der Waals surface area contributed by atoms with Gasteiger partial charge >= 0.3 is 5.97 Å². The highest BCUT2D eigenvalue weighted by molar-refractivity contribution is 5.94. The van der Waals surface area contributed by atoms with E-state index in [0.29, 0.717) is 5.56 Å². The fourth-order valence-electron chi connectivity index (χ4n) is 1.62. The molecule has 0 atom stereocenters. The van der Waals surface area contributed by atoms with Crippen molar-refractivity contribution in [2.24, 2.45) is 0 Å². The lowest BCUT2D eigenvalue weighted by atomic mass is 10.1. The zero-order chi connectivity index (χ0) is 14.3. The second-order valence-electron chi connectivity index (χ2n) is 4.37. The van der Waals surface area contributed by atoms with Crippen LogP contribution in [-0.2, 0) is 4.79 Å². The summed E-state index contributed by atoms with van der Waals surface area (Å²) in [7, 11) is 1.79. The van der Waals surface area contributed by atoms with Gasteiger partial charge in [-0.2, -0.15) is 0 Å². The molecule has 0 aliphatic heterocycles. The summed E-state index contributed by atoms with van der Waals surface area (Å²) < 4.78 is 0. The second kappa shape index (κ2) is 7.36. The summed E-state index contributed by atoms with van der Waals surface area (Å²) in [6.07, 6.45) is 4.61. The number of amides is 1. The Kier molecular flexibility index (Phi) is 5.79. The number of benzene rings is 1. The van der Waals surface area contributed by atoms with Crippen molar-refractivity contribution in [3.63, 3.8) is 0 Å². The van der Waals surface area contributed by atoms with Crippen molar-refractivity contribution in [3.8, 4) is 0 Å². The molecule has 0 bridgehead atoms. The summed E-state index contributed by atoms with van der Waals surface area (Å²) in [6, 6.07) is 6.90. The number of hydrogen-bond acceptors (Lipinski definition) is 2. The molecule has 0 aliphatic rings. The highest BCUT2D eigenvalue weighted by Crippen LogP contribution is 2.09. The van der Waals surface area contributed by atoms with E-state index in [2.05, 4.69) is 6.92 Å². The number of nitrogens with zero attached hydrogens (tertiary/aromatic N) is 1. The van der Waals surface area contributed by atoms with Gasteiger partial charge in [-0.15, -0.1) is 0 Å². The number of carboxylic acid groups (broad SMARTS) is 1. The first-order valence-electron chi connectivity index (χ1n) is 6.31. The summed E-state index contributed by atoms with van der Waals surface area (Å²) in [4.78, 5) is 24.1. The molecule has 0 unspecified atom stereocenters. The van der Waals surface area contributed by atoms with Crippen LogP contribution >= 0.6 is 0 Å². The molecule has 1 N–H and O–H groups in total. The van der Waals surface area contributed by atoms with Crippen molar-refractivity contribution in [1.29, 1.82) is 0 Å². The number of carboxylic acids is 1. The van der Waals surface area contributed by atoms with E-state index < -0.39 is 5.97 Å². The van der Waals surface area contributed by atoms with Gasteiger partial charge in [0.05, 0.1) is 0 Å². The molecule has 0 saturated heterocycles. The largest absolute Gasteiger partial charge is 0.478 e. The fourth-order valence-corrected chi connectivity index (χ4v) is 1.62. The van der Waals surface area contributed by atoms with Crippen LogP contribution in [0, 0.1) is 0 Å². The van der Waals surface area contributed by atoms with E-state index in [1.807, 2.05) is 0 Å². The van der Waals surface area contributed by atoms with E-state index in [9.17, 15) is 9.59 Å². The molecule has 1 aromatic carbocycles. The molecule has 1 amide bonds. The van der Waals surface area contributed by atoms with Crippen LogP contribution in [0.25, 0.3) is 6.08 Å². The first-order chi connectivity index (χ1) is 9.04. The van der Waals surface area contributed by atoms with Gasteiger partial charge in [-0.3, -0.25) is 4.79 Å². The standard InChI is InChI=1S/C15H19NO3/c1-3-4-11-16(2)15(19)13-8-5-12(6-9-13)7-10-14(17)18/h5-10H,3-4,11H2,1-2H3,(H,17,18)/b10-7+. The van der Waals surface area contributed by atoms with Crippen molar-refractivity contribution >= 4 is 18.0 Å². The van der Waals surface area contributed by atoms with E-state index in [0.717, 1.165) is 31.0 Å². The lowest BCUT2D eigenvalue weighted by molar-refractivity contribution is -0.131. The van der Waals surface area contributed by atoms with Crippen LogP contribution in [0.4, 0.5) is 0 Å². The van der Waals surface area contributed by atoms with Crippen LogP contribution in [0.5, 0.6) is 0 Å². The Morgan fingerprint density at radius 2 is 1.89 bits per heavy atom. The molecule has 1 aromatic rings. The number of rotatable bonds is 6. The van der Waals surface area contributed by atoms with Gasteiger partial charge in [-0.1, -0.05) is 25.5 Å². The van der Waals surface area contributed by atoms with Crippen LogP contribution in [0.3, 0.4) is 0 Å². The average Bonchev–Trinajstić information content (AvgIpc) is 2.42. The minimum absolute atomic E-state index is 0.0118. The number of carbonyl (C=O) groups excluding carboxylic acids is 1. The molecule has 1 rings (SSSR count). The zero-order valence-electron chi connectivity index (χ0n) is 11.3. The Bertz CT molecular complexity index is 463. The molecule has 0 aromatic heterocycles. The number of aliphatic carboxylic acids is 1. The Morgan fingerprint density at radius 3 is 2.42 bits per heavy atom. The molecule has 102 valence electrons. The summed E-state index contributed by atoms with van der Waals surface area (Å²) in [5, 5.41) is 8.53. The van der Waals surface area contributed by atoms with Crippen molar-refractivity contribution in [2.75, 3.05) is 13.6 Å². The summed E-state index contributed by atoms with van der Waals surface area (Å²) >= 11 is 0. The van der Waals surface area contributed by atoms with Crippen molar-refractivity contribution in [1.82, 2.24) is 4.90 Å². The predicted molar refractivity (Wildman–Crippen MR) is 75.0 cm³/mol. The van der Waals surface area contributed by atoms with Gasteiger partial charge in [0.25, 0.3) is 5.91 Å². The highest BCUT2D eigenvalue weighted by Gasteiger charge is 2.10. The first kappa shape index (κ1) is 15.0. The van der Waals surface area contributed by atoms with E-state index >= 15 is 0 Å². The lowest BCUT2D eigenvalue weighted by Gasteiger charge is -2.16. The third kappa shape index (κ3) is 4.95. The maximum atomic E-state index is 12.0. The van der Waals surface area contributed by atoms with E-state index in [1.165, 1.54) is 6.08 Å². The molecule has 0 heterocycles. The Morgan fingerprint density at radius 1 is 1.26 bits per heavy atom. The third-order valence-electron chi connectivity index (χ3n) is 2.77. The Hall–Kier alpha value is -2.10. The molecule has 0 fully saturated rings. The zero-order valence-corrected chi connectivity index (χ0v) is 11.3. The van der Waals surface area contributed by atoms with Crippen molar-refractivity contribution in [3.05, 3.63) is 41.5 Å². The van der Waals surface area contributed by atoms with Crippen molar-refractivity contribution < 1.29 is 14.7 Å². The highest BCUT2D eigenvalue weighted by atomic mass is 16.4. The molecule has 4 heteroatoms. The van der Waals surface area contributed by atoms with Gasteiger partial charge < -0.3 is 10.0 Å². The number of carbonyl (C=O) groups is 2. The third-order valence-corrected chi connectivity index (χ3v) is 2.77. The SMILES string of the molecule is CCCCN(C)C(=O)c1ccc(/C=C/C(=O)O)cc1.